The summed E-state index contributed by atoms with van der Waals surface area (Å²) in [5, 5.41) is 9.52. The molecule has 2 fully saturated rings. The van der Waals surface area contributed by atoms with Crippen molar-refractivity contribution in [2.24, 2.45) is 0 Å². The number of nitrogens with zero attached hydrogens (tertiary/aromatic N) is 2. The normalized spacial score (nSPS) is 26.3. The van der Waals surface area contributed by atoms with E-state index < -0.39 is 11.5 Å². The lowest BCUT2D eigenvalue weighted by Gasteiger charge is -2.37. The SMILES string of the molecule is C=CCN(C(=O)N1CCCC1(CC)C(=O)O)C1CC1. The molecule has 2 rings (SSSR count). The Labute approximate surface area is 113 Å². The van der Waals surface area contributed by atoms with Gasteiger partial charge in [0.1, 0.15) is 5.54 Å². The van der Waals surface area contributed by atoms with Gasteiger partial charge in [0.2, 0.25) is 0 Å². The summed E-state index contributed by atoms with van der Waals surface area (Å²) in [6.45, 7) is 6.56. The third-order valence-electron chi connectivity index (χ3n) is 4.26. The molecule has 1 unspecified atom stereocenters. The third-order valence-corrected chi connectivity index (χ3v) is 4.26. The first-order chi connectivity index (χ1) is 9.06. The number of aliphatic carboxylic acids is 1. The summed E-state index contributed by atoms with van der Waals surface area (Å²) in [7, 11) is 0. The summed E-state index contributed by atoms with van der Waals surface area (Å²) in [4.78, 5) is 27.6. The van der Waals surface area contributed by atoms with Gasteiger partial charge in [-0.15, -0.1) is 6.58 Å². The fraction of sp³-hybridized carbons (Fsp3) is 0.714. The molecule has 1 aliphatic carbocycles. The first-order valence-electron chi connectivity index (χ1n) is 6.99. The van der Waals surface area contributed by atoms with Crippen LogP contribution in [0.4, 0.5) is 4.79 Å². The van der Waals surface area contributed by atoms with Gasteiger partial charge in [-0.25, -0.2) is 9.59 Å². The maximum Gasteiger partial charge on any atom is 0.329 e. The highest BCUT2D eigenvalue weighted by Crippen LogP contribution is 2.36. The Hall–Kier alpha value is -1.52. The molecule has 0 aromatic carbocycles. The van der Waals surface area contributed by atoms with Crippen molar-refractivity contribution in [1.82, 2.24) is 9.80 Å². The monoisotopic (exact) mass is 266 g/mol. The van der Waals surface area contributed by atoms with Crippen LogP contribution in [-0.2, 0) is 4.79 Å². The quantitative estimate of drug-likeness (QED) is 0.775. The van der Waals surface area contributed by atoms with E-state index in [2.05, 4.69) is 6.58 Å². The average Bonchev–Trinajstić information content (AvgIpc) is 3.12. The van der Waals surface area contributed by atoms with Crippen LogP contribution >= 0.6 is 0 Å². The van der Waals surface area contributed by atoms with Crippen molar-refractivity contribution < 1.29 is 14.7 Å². The molecule has 1 atom stereocenters. The van der Waals surface area contributed by atoms with Crippen LogP contribution in [0.1, 0.15) is 39.0 Å². The lowest BCUT2D eigenvalue weighted by Crippen LogP contribution is -2.57. The van der Waals surface area contributed by atoms with Gasteiger partial charge in [-0.2, -0.15) is 0 Å². The minimum absolute atomic E-state index is 0.135. The van der Waals surface area contributed by atoms with Crippen LogP contribution in [0.2, 0.25) is 0 Å². The number of likely N-dealkylation sites (tertiary alicyclic amines) is 1. The van der Waals surface area contributed by atoms with Gasteiger partial charge in [0.25, 0.3) is 0 Å². The molecule has 5 nitrogen and oxygen atoms in total. The second-order valence-electron chi connectivity index (χ2n) is 5.40. The molecule has 0 aromatic rings. The molecule has 1 saturated heterocycles. The topological polar surface area (TPSA) is 60.9 Å². The lowest BCUT2D eigenvalue weighted by molar-refractivity contribution is -0.148. The Morgan fingerprint density at radius 2 is 2.21 bits per heavy atom. The molecule has 0 aromatic heterocycles. The number of carbonyl (C=O) groups excluding carboxylic acids is 1. The van der Waals surface area contributed by atoms with Gasteiger partial charge in [0.05, 0.1) is 0 Å². The Kier molecular flexibility index (Phi) is 3.83. The Morgan fingerprint density at radius 3 is 2.68 bits per heavy atom. The molecular weight excluding hydrogens is 244 g/mol. The van der Waals surface area contributed by atoms with E-state index in [1.807, 2.05) is 6.92 Å². The first-order valence-corrected chi connectivity index (χ1v) is 6.99. The van der Waals surface area contributed by atoms with E-state index in [9.17, 15) is 14.7 Å². The van der Waals surface area contributed by atoms with Crippen molar-refractivity contribution in [3.05, 3.63) is 12.7 Å². The summed E-state index contributed by atoms with van der Waals surface area (Å²) in [6.07, 6.45) is 5.51. The molecule has 0 spiro atoms. The highest BCUT2D eigenvalue weighted by molar-refractivity contribution is 5.87. The molecular formula is C14H22N2O3. The van der Waals surface area contributed by atoms with Crippen molar-refractivity contribution in [3.8, 4) is 0 Å². The van der Waals surface area contributed by atoms with Gasteiger partial charge < -0.3 is 14.9 Å². The number of hydrogen-bond donors (Lipinski definition) is 1. The van der Waals surface area contributed by atoms with Gasteiger partial charge in [-0.05, 0) is 32.1 Å². The second kappa shape index (κ2) is 5.23. The van der Waals surface area contributed by atoms with E-state index in [0.29, 0.717) is 25.9 Å². The number of amides is 2. The Balaban J connectivity index is 2.20. The Bertz CT molecular complexity index is 392. The van der Waals surface area contributed by atoms with Crippen LogP contribution in [0, 0.1) is 0 Å². The molecule has 106 valence electrons. The van der Waals surface area contributed by atoms with Gasteiger partial charge in [-0.1, -0.05) is 13.0 Å². The maximum absolute atomic E-state index is 12.6. The molecule has 1 aliphatic heterocycles. The summed E-state index contributed by atoms with van der Waals surface area (Å²) >= 11 is 0. The van der Waals surface area contributed by atoms with E-state index in [-0.39, 0.29) is 12.1 Å². The zero-order valence-corrected chi connectivity index (χ0v) is 11.5. The predicted octanol–water partition coefficient (Wildman–Crippen LogP) is 2.09. The van der Waals surface area contributed by atoms with E-state index >= 15 is 0 Å². The van der Waals surface area contributed by atoms with Crippen LogP contribution in [-0.4, -0.2) is 51.6 Å². The van der Waals surface area contributed by atoms with Crippen molar-refractivity contribution in [1.29, 1.82) is 0 Å². The average molecular weight is 266 g/mol. The third kappa shape index (κ3) is 2.33. The van der Waals surface area contributed by atoms with Crippen LogP contribution in [0.5, 0.6) is 0 Å². The molecule has 5 heteroatoms. The molecule has 1 heterocycles. The van der Waals surface area contributed by atoms with Crippen molar-refractivity contribution in [2.75, 3.05) is 13.1 Å². The standard InChI is InChI=1S/C14H22N2O3/c1-3-9-15(11-6-7-11)13(19)16-10-5-8-14(16,4-2)12(17)18/h3,11H,1,4-10H2,2H3,(H,17,18). The van der Waals surface area contributed by atoms with E-state index in [4.69, 9.17) is 0 Å². The van der Waals surface area contributed by atoms with E-state index in [1.165, 1.54) is 0 Å². The molecule has 0 radical (unpaired) electrons. The number of carboxylic acid groups (broad SMARTS) is 1. The van der Waals surface area contributed by atoms with Crippen LogP contribution in [0.25, 0.3) is 0 Å². The molecule has 19 heavy (non-hydrogen) atoms. The number of hydrogen-bond acceptors (Lipinski definition) is 2. The van der Waals surface area contributed by atoms with E-state index in [1.54, 1.807) is 15.9 Å². The van der Waals surface area contributed by atoms with E-state index in [0.717, 1.165) is 19.3 Å². The van der Waals surface area contributed by atoms with Gasteiger partial charge in [0.15, 0.2) is 0 Å². The highest BCUT2D eigenvalue weighted by Gasteiger charge is 2.50. The zero-order chi connectivity index (χ0) is 14.0. The number of urea groups is 1. The molecule has 1 saturated carbocycles. The van der Waals surface area contributed by atoms with Crippen molar-refractivity contribution >= 4 is 12.0 Å². The fourth-order valence-electron chi connectivity index (χ4n) is 2.96. The Morgan fingerprint density at radius 1 is 1.53 bits per heavy atom. The fourth-order valence-corrected chi connectivity index (χ4v) is 2.96. The molecule has 2 aliphatic rings. The van der Waals surface area contributed by atoms with Crippen molar-refractivity contribution in [3.63, 3.8) is 0 Å². The smallest absolute Gasteiger partial charge is 0.329 e. The van der Waals surface area contributed by atoms with Gasteiger partial charge in [-0.3, -0.25) is 0 Å². The van der Waals surface area contributed by atoms with Gasteiger partial charge in [0, 0.05) is 19.1 Å². The molecule has 2 amide bonds. The maximum atomic E-state index is 12.6. The number of carboxylic acids is 1. The molecule has 0 bridgehead atoms. The zero-order valence-electron chi connectivity index (χ0n) is 11.5. The largest absolute Gasteiger partial charge is 0.479 e. The van der Waals surface area contributed by atoms with Crippen LogP contribution in [0.3, 0.4) is 0 Å². The lowest BCUT2D eigenvalue weighted by atomic mass is 9.93. The summed E-state index contributed by atoms with van der Waals surface area (Å²) in [5.41, 5.74) is -1.01. The van der Waals surface area contributed by atoms with Crippen LogP contribution in [0.15, 0.2) is 12.7 Å². The van der Waals surface area contributed by atoms with Crippen molar-refractivity contribution in [2.45, 2.75) is 50.6 Å². The van der Waals surface area contributed by atoms with Gasteiger partial charge >= 0.3 is 12.0 Å². The first kappa shape index (κ1) is 13.9. The predicted molar refractivity (Wildman–Crippen MR) is 71.9 cm³/mol. The summed E-state index contributed by atoms with van der Waals surface area (Å²) in [6, 6.07) is 0.138. The molecule has 1 N–H and O–H groups in total. The minimum Gasteiger partial charge on any atom is -0.479 e. The number of rotatable bonds is 5. The highest BCUT2D eigenvalue weighted by atomic mass is 16.4. The summed E-state index contributed by atoms with van der Waals surface area (Å²) < 4.78 is 0. The van der Waals surface area contributed by atoms with Crippen LogP contribution < -0.4 is 0 Å². The second-order valence-corrected chi connectivity index (χ2v) is 5.40. The number of carbonyl (C=O) groups is 2. The summed E-state index contributed by atoms with van der Waals surface area (Å²) in [5.74, 6) is -0.879. The minimum atomic E-state index is -1.01.